The molecule has 162 valence electrons. The quantitative estimate of drug-likeness (QED) is 0.481. The van der Waals surface area contributed by atoms with Gasteiger partial charge in [-0.15, -0.1) is 6.58 Å². The lowest BCUT2D eigenvalue weighted by Crippen LogP contribution is -2.43. The van der Waals surface area contributed by atoms with E-state index in [0.717, 1.165) is 23.9 Å². The van der Waals surface area contributed by atoms with Gasteiger partial charge in [0.15, 0.2) is 0 Å². The highest BCUT2D eigenvalue weighted by molar-refractivity contribution is 7.89. The lowest BCUT2D eigenvalue weighted by atomic mass is 10.1. The van der Waals surface area contributed by atoms with E-state index in [9.17, 15) is 13.2 Å². The fraction of sp³-hybridized carbons (Fsp3) is 0.292. The molecule has 3 aromatic rings. The number of carbonyl (C=O) groups is 1. The summed E-state index contributed by atoms with van der Waals surface area (Å²) in [6.07, 6.45) is 5.37. The number of aryl methyl sites for hydroxylation is 1. The number of amides is 1. The molecule has 0 atom stereocenters. The highest BCUT2D eigenvalue weighted by Crippen LogP contribution is 2.30. The Bertz CT molecular complexity index is 1210. The first-order valence-electron chi connectivity index (χ1n) is 10.4. The second-order valence-corrected chi connectivity index (χ2v) is 9.83. The van der Waals surface area contributed by atoms with Crippen molar-refractivity contribution in [2.75, 3.05) is 13.1 Å². The van der Waals surface area contributed by atoms with Crippen molar-refractivity contribution in [2.45, 2.75) is 30.3 Å². The van der Waals surface area contributed by atoms with Gasteiger partial charge in [0.05, 0.1) is 18.0 Å². The van der Waals surface area contributed by atoms with Gasteiger partial charge in [-0.25, -0.2) is 8.42 Å². The van der Waals surface area contributed by atoms with E-state index < -0.39 is 10.0 Å². The maximum atomic E-state index is 13.6. The lowest BCUT2D eigenvalue weighted by molar-refractivity contribution is -0.132. The van der Waals surface area contributed by atoms with Crippen molar-refractivity contribution in [3.8, 4) is 0 Å². The van der Waals surface area contributed by atoms with Crippen LogP contribution in [0.2, 0.25) is 0 Å². The van der Waals surface area contributed by atoms with Gasteiger partial charge in [0.1, 0.15) is 0 Å². The number of nitrogens with zero attached hydrogens (tertiary/aromatic N) is 3. The van der Waals surface area contributed by atoms with Crippen LogP contribution in [-0.2, 0) is 28.4 Å². The molecule has 1 saturated carbocycles. The van der Waals surface area contributed by atoms with Gasteiger partial charge in [0, 0.05) is 36.9 Å². The number of hydrogen-bond donors (Lipinski definition) is 0. The number of rotatable bonds is 9. The summed E-state index contributed by atoms with van der Waals surface area (Å²) in [6.45, 7) is 4.04. The van der Waals surface area contributed by atoms with Crippen molar-refractivity contribution in [1.29, 1.82) is 0 Å². The average molecular weight is 438 g/mol. The molecule has 6 nitrogen and oxygen atoms in total. The third-order valence-electron chi connectivity index (χ3n) is 5.70. The smallest absolute Gasteiger partial charge is 0.244 e. The Labute approximate surface area is 183 Å². The summed E-state index contributed by atoms with van der Waals surface area (Å²) in [4.78, 5) is 15.3. The van der Waals surface area contributed by atoms with E-state index >= 15 is 0 Å². The molecule has 1 fully saturated rings. The van der Waals surface area contributed by atoms with Crippen LogP contribution in [0.15, 0.2) is 78.3 Å². The average Bonchev–Trinajstić information content (AvgIpc) is 3.52. The number of hydrogen-bond acceptors (Lipinski definition) is 3. The number of benzene rings is 2. The Morgan fingerprint density at radius 3 is 2.55 bits per heavy atom. The van der Waals surface area contributed by atoms with Gasteiger partial charge in [-0.2, -0.15) is 4.31 Å². The van der Waals surface area contributed by atoms with Crippen LogP contribution in [0, 0.1) is 0 Å². The molecule has 31 heavy (non-hydrogen) atoms. The first kappa shape index (κ1) is 21.3. The molecule has 1 amide bonds. The van der Waals surface area contributed by atoms with Crippen molar-refractivity contribution < 1.29 is 13.2 Å². The van der Waals surface area contributed by atoms with Crippen molar-refractivity contribution >= 4 is 26.7 Å². The summed E-state index contributed by atoms with van der Waals surface area (Å²) < 4.78 is 30.3. The zero-order valence-electron chi connectivity index (χ0n) is 17.6. The van der Waals surface area contributed by atoms with Gasteiger partial charge < -0.3 is 9.47 Å². The van der Waals surface area contributed by atoms with Crippen LogP contribution in [0.4, 0.5) is 0 Å². The Morgan fingerprint density at radius 1 is 1.13 bits per heavy atom. The molecule has 2 aromatic carbocycles. The first-order valence-corrected chi connectivity index (χ1v) is 11.8. The van der Waals surface area contributed by atoms with Gasteiger partial charge in [-0.3, -0.25) is 4.79 Å². The van der Waals surface area contributed by atoms with E-state index in [0.29, 0.717) is 11.9 Å². The normalized spacial score (nSPS) is 14.1. The number of fused-ring (bicyclic) bond motifs is 1. The maximum absolute atomic E-state index is 13.6. The second-order valence-electron chi connectivity index (χ2n) is 7.93. The van der Waals surface area contributed by atoms with E-state index in [1.54, 1.807) is 18.2 Å². The molecular formula is C24H27N3O3S. The molecule has 1 heterocycles. The zero-order valence-corrected chi connectivity index (χ0v) is 18.5. The molecule has 0 aliphatic heterocycles. The minimum absolute atomic E-state index is 0.0694. The largest absolute Gasteiger partial charge is 0.353 e. The van der Waals surface area contributed by atoms with Crippen LogP contribution in [0.3, 0.4) is 0 Å². The Morgan fingerprint density at radius 2 is 1.87 bits per heavy atom. The third-order valence-corrected chi connectivity index (χ3v) is 7.57. The molecular weight excluding hydrogens is 410 g/mol. The van der Waals surface area contributed by atoms with E-state index in [1.807, 2.05) is 59.1 Å². The monoisotopic (exact) mass is 437 g/mol. The number of aromatic nitrogens is 1. The second kappa shape index (κ2) is 8.69. The predicted molar refractivity (Wildman–Crippen MR) is 122 cm³/mol. The van der Waals surface area contributed by atoms with E-state index in [4.69, 9.17) is 0 Å². The van der Waals surface area contributed by atoms with E-state index in [-0.39, 0.29) is 29.9 Å². The SMILES string of the molecule is C=CCN(CC(=O)N(Cc1cccn1C)C1CC1)S(=O)(=O)c1cccc2ccccc12. The van der Waals surface area contributed by atoms with Gasteiger partial charge >= 0.3 is 0 Å². The van der Waals surface area contributed by atoms with Crippen molar-refractivity contribution in [3.63, 3.8) is 0 Å². The minimum Gasteiger partial charge on any atom is -0.353 e. The van der Waals surface area contributed by atoms with E-state index in [2.05, 4.69) is 6.58 Å². The zero-order chi connectivity index (χ0) is 22.0. The molecule has 0 saturated heterocycles. The molecule has 1 aromatic heterocycles. The maximum Gasteiger partial charge on any atom is 0.244 e. The standard InChI is InChI=1S/C24H27N3O3S/c1-3-15-26(31(29,30)23-12-6-9-19-8-4-5-11-22(19)23)18-24(28)27(20-13-14-20)17-21-10-7-16-25(21)2/h3-12,16,20H,1,13-15,17-18H2,2H3. The molecule has 0 radical (unpaired) electrons. The molecule has 0 bridgehead atoms. The minimum atomic E-state index is -3.88. The van der Waals surface area contributed by atoms with Crippen molar-refractivity contribution in [1.82, 2.24) is 13.8 Å². The van der Waals surface area contributed by atoms with Crippen LogP contribution >= 0.6 is 0 Å². The van der Waals surface area contributed by atoms with Gasteiger partial charge in [-0.1, -0.05) is 42.5 Å². The predicted octanol–water partition coefficient (Wildman–Crippen LogP) is 3.55. The van der Waals surface area contributed by atoms with Crippen LogP contribution < -0.4 is 0 Å². The van der Waals surface area contributed by atoms with Crippen molar-refractivity contribution in [3.05, 3.63) is 79.1 Å². The van der Waals surface area contributed by atoms with Gasteiger partial charge in [0.25, 0.3) is 0 Å². The number of carbonyl (C=O) groups excluding carboxylic acids is 1. The fourth-order valence-corrected chi connectivity index (χ4v) is 5.41. The molecule has 4 rings (SSSR count). The van der Waals surface area contributed by atoms with Crippen molar-refractivity contribution in [2.24, 2.45) is 7.05 Å². The van der Waals surface area contributed by atoms with Gasteiger partial charge in [-0.05, 0) is 36.4 Å². The van der Waals surface area contributed by atoms with Crippen LogP contribution in [0.1, 0.15) is 18.5 Å². The molecule has 7 heteroatoms. The molecule has 1 aliphatic rings. The van der Waals surface area contributed by atoms with Crippen LogP contribution in [0.25, 0.3) is 10.8 Å². The Hall–Kier alpha value is -2.90. The summed E-state index contributed by atoms with van der Waals surface area (Å²) >= 11 is 0. The highest BCUT2D eigenvalue weighted by atomic mass is 32.2. The highest BCUT2D eigenvalue weighted by Gasteiger charge is 2.35. The fourth-order valence-electron chi connectivity index (χ4n) is 3.84. The molecule has 1 aliphatic carbocycles. The summed E-state index contributed by atoms with van der Waals surface area (Å²) in [5.74, 6) is -0.186. The van der Waals surface area contributed by atoms with E-state index in [1.165, 1.54) is 10.4 Å². The third kappa shape index (κ3) is 4.43. The Kier molecular flexibility index (Phi) is 5.98. The summed E-state index contributed by atoms with van der Waals surface area (Å²) in [6, 6.07) is 16.7. The summed E-state index contributed by atoms with van der Waals surface area (Å²) in [5, 5.41) is 1.49. The molecule has 0 spiro atoms. The van der Waals surface area contributed by atoms with Crippen LogP contribution in [0.5, 0.6) is 0 Å². The topological polar surface area (TPSA) is 62.6 Å². The van der Waals surface area contributed by atoms with Crippen LogP contribution in [-0.4, -0.2) is 47.2 Å². The molecule has 0 unspecified atom stereocenters. The molecule has 0 N–H and O–H groups in total. The summed E-state index contributed by atoms with van der Waals surface area (Å²) in [5.41, 5.74) is 1.02. The lowest BCUT2D eigenvalue weighted by Gasteiger charge is -2.27. The first-order chi connectivity index (χ1) is 14.9. The summed E-state index contributed by atoms with van der Waals surface area (Å²) in [7, 11) is -1.94. The van der Waals surface area contributed by atoms with Gasteiger partial charge in [0.2, 0.25) is 15.9 Å². The Balaban J connectivity index is 1.62. The number of sulfonamides is 1.